The molecule has 0 aliphatic carbocycles. The SMILES string of the molecule is Fc1cccnc1CNc1ncnc2sc(CCNCc3ncc(-c4ccccc4)[nH]3)nc12.O=Cc1ncc(-c2ccccc2)[nH]1. The second-order valence-electron chi connectivity index (χ2n) is 9.97. The highest BCUT2D eigenvalue weighted by Gasteiger charge is 2.12. The number of rotatable bonds is 11. The molecule has 11 nitrogen and oxygen atoms in total. The molecule has 0 saturated carbocycles. The number of halogens is 1. The Kier molecular flexibility index (Phi) is 9.82. The van der Waals surface area contributed by atoms with Gasteiger partial charge in [0, 0.05) is 19.2 Å². The van der Waals surface area contributed by atoms with Gasteiger partial charge in [-0.1, -0.05) is 72.0 Å². The van der Waals surface area contributed by atoms with Crippen LogP contribution in [0.25, 0.3) is 32.9 Å². The lowest BCUT2D eigenvalue weighted by Gasteiger charge is -2.05. The first-order valence-electron chi connectivity index (χ1n) is 14.5. The number of thiazole rings is 1. The molecule has 4 N–H and O–H groups in total. The van der Waals surface area contributed by atoms with Gasteiger partial charge in [0.2, 0.25) is 0 Å². The van der Waals surface area contributed by atoms with E-state index in [1.165, 1.54) is 23.7 Å². The first-order valence-corrected chi connectivity index (χ1v) is 15.3. The number of fused-ring (bicyclic) bond motifs is 1. The predicted octanol–water partition coefficient (Wildman–Crippen LogP) is 5.84. The molecule has 0 unspecified atom stereocenters. The Bertz CT molecular complexity index is 2010. The zero-order valence-electron chi connectivity index (χ0n) is 24.5. The van der Waals surface area contributed by atoms with E-state index in [1.54, 1.807) is 18.5 Å². The van der Waals surface area contributed by atoms with Gasteiger partial charge in [-0.3, -0.25) is 9.78 Å². The summed E-state index contributed by atoms with van der Waals surface area (Å²) in [5.74, 6) is 1.47. The lowest BCUT2D eigenvalue weighted by atomic mass is 10.2. The van der Waals surface area contributed by atoms with Crippen molar-refractivity contribution in [2.45, 2.75) is 19.5 Å². The number of aldehydes is 1. The van der Waals surface area contributed by atoms with Gasteiger partial charge in [-0.15, -0.1) is 0 Å². The summed E-state index contributed by atoms with van der Waals surface area (Å²) in [7, 11) is 0. The Hall–Kier alpha value is -5.66. The molecule has 0 atom stereocenters. The molecule has 0 spiro atoms. The van der Waals surface area contributed by atoms with E-state index < -0.39 is 0 Å². The van der Waals surface area contributed by atoms with Gasteiger partial charge in [0.05, 0.1) is 47.6 Å². The van der Waals surface area contributed by atoms with E-state index in [0.717, 1.165) is 51.1 Å². The minimum Gasteiger partial charge on any atom is -0.362 e. The van der Waals surface area contributed by atoms with E-state index in [0.29, 0.717) is 35.7 Å². The molecule has 46 heavy (non-hydrogen) atoms. The molecule has 13 heteroatoms. The standard InChI is InChI=1S/C23H21FN8S.C10H8N2O/c24-16-7-4-9-26-18(16)12-28-22-21-23(30-14-29-22)33-20(32-21)8-10-25-13-19-27-11-17(31-19)15-5-2-1-3-6-15;13-7-10-11-6-9(12-10)8-4-2-1-3-5-8/h1-7,9,11,14,25H,8,10,12-13H2,(H,27,31)(H,28,29,30);1-7H,(H,11,12). The fraction of sp³-hybridized carbons (Fsp3) is 0.121. The van der Waals surface area contributed by atoms with Gasteiger partial charge in [-0.25, -0.2) is 29.3 Å². The number of aromatic amines is 2. The van der Waals surface area contributed by atoms with Crippen LogP contribution in [0.5, 0.6) is 0 Å². The Balaban J connectivity index is 0.000000238. The lowest BCUT2D eigenvalue weighted by molar-refractivity contribution is 0.111. The highest BCUT2D eigenvalue weighted by molar-refractivity contribution is 7.18. The van der Waals surface area contributed by atoms with Crippen molar-refractivity contribution >= 4 is 33.8 Å². The van der Waals surface area contributed by atoms with Crippen molar-refractivity contribution in [3.63, 3.8) is 0 Å². The van der Waals surface area contributed by atoms with Crippen LogP contribution in [0.3, 0.4) is 0 Å². The highest BCUT2D eigenvalue weighted by Crippen LogP contribution is 2.25. The topological polar surface area (TPSA) is 150 Å². The van der Waals surface area contributed by atoms with Crippen LogP contribution in [0.2, 0.25) is 0 Å². The van der Waals surface area contributed by atoms with Gasteiger partial charge in [0.1, 0.15) is 28.3 Å². The van der Waals surface area contributed by atoms with Crippen molar-refractivity contribution in [3.05, 3.63) is 126 Å². The molecule has 0 radical (unpaired) electrons. The number of anilines is 1. The van der Waals surface area contributed by atoms with Gasteiger partial charge in [-0.05, 0) is 23.3 Å². The molecule has 5 aromatic heterocycles. The lowest BCUT2D eigenvalue weighted by Crippen LogP contribution is -2.17. The average Bonchev–Trinajstić information content (AvgIpc) is 3.88. The number of hydrogen-bond acceptors (Lipinski definition) is 10. The van der Waals surface area contributed by atoms with Crippen LogP contribution in [0, 0.1) is 5.82 Å². The summed E-state index contributed by atoms with van der Waals surface area (Å²) < 4.78 is 13.8. The Labute approximate surface area is 267 Å². The van der Waals surface area contributed by atoms with Gasteiger partial charge >= 0.3 is 0 Å². The van der Waals surface area contributed by atoms with E-state index in [1.807, 2.05) is 54.7 Å². The van der Waals surface area contributed by atoms with Crippen molar-refractivity contribution in [2.24, 2.45) is 0 Å². The Morgan fingerprint density at radius 2 is 1.54 bits per heavy atom. The van der Waals surface area contributed by atoms with Gasteiger partial charge < -0.3 is 20.6 Å². The zero-order valence-corrected chi connectivity index (χ0v) is 25.3. The van der Waals surface area contributed by atoms with Crippen molar-refractivity contribution in [1.29, 1.82) is 0 Å². The number of benzene rings is 2. The van der Waals surface area contributed by atoms with E-state index in [9.17, 15) is 9.18 Å². The number of imidazole rings is 2. The molecule has 5 heterocycles. The molecule has 0 aliphatic heterocycles. The molecular formula is C33H29FN10OS. The monoisotopic (exact) mass is 632 g/mol. The van der Waals surface area contributed by atoms with Crippen molar-refractivity contribution in [3.8, 4) is 22.5 Å². The molecule has 230 valence electrons. The number of pyridine rings is 1. The van der Waals surface area contributed by atoms with Gasteiger partial charge in [0.15, 0.2) is 17.9 Å². The smallest absolute Gasteiger partial charge is 0.185 e. The van der Waals surface area contributed by atoms with E-state index >= 15 is 0 Å². The summed E-state index contributed by atoms with van der Waals surface area (Å²) in [6, 6.07) is 22.8. The number of nitrogens with zero attached hydrogens (tertiary/aromatic N) is 6. The van der Waals surface area contributed by atoms with Crippen molar-refractivity contribution in [2.75, 3.05) is 11.9 Å². The second-order valence-corrected chi connectivity index (χ2v) is 11.0. The van der Waals surface area contributed by atoms with Crippen LogP contribution in [0.1, 0.15) is 27.1 Å². The largest absolute Gasteiger partial charge is 0.362 e. The molecule has 7 rings (SSSR count). The fourth-order valence-electron chi connectivity index (χ4n) is 4.53. The van der Waals surface area contributed by atoms with E-state index in [2.05, 4.69) is 62.6 Å². The summed E-state index contributed by atoms with van der Waals surface area (Å²) in [6.45, 7) is 1.61. The molecular weight excluding hydrogens is 603 g/mol. The van der Waals surface area contributed by atoms with Crippen LogP contribution in [-0.4, -0.2) is 52.7 Å². The van der Waals surface area contributed by atoms with Crippen LogP contribution in [0.4, 0.5) is 10.2 Å². The average molecular weight is 633 g/mol. The third-order valence-corrected chi connectivity index (χ3v) is 7.83. The normalized spacial score (nSPS) is 10.8. The number of aromatic nitrogens is 8. The molecule has 7 aromatic rings. The maximum atomic E-state index is 13.8. The molecule has 0 amide bonds. The molecule has 0 aliphatic rings. The zero-order chi connectivity index (χ0) is 31.6. The number of hydrogen-bond donors (Lipinski definition) is 4. The molecule has 0 fully saturated rings. The first kappa shape index (κ1) is 30.4. The predicted molar refractivity (Wildman–Crippen MR) is 176 cm³/mol. The van der Waals surface area contributed by atoms with Crippen LogP contribution >= 0.6 is 11.3 Å². The number of H-pyrrole nitrogens is 2. The second kappa shape index (κ2) is 14.9. The number of carbonyl (C=O) groups excluding carboxylic acids is 1. The van der Waals surface area contributed by atoms with Gasteiger partial charge in [-0.2, -0.15) is 0 Å². The van der Waals surface area contributed by atoms with Crippen LogP contribution < -0.4 is 10.6 Å². The number of carbonyl (C=O) groups is 1. The molecule has 2 aromatic carbocycles. The summed E-state index contributed by atoms with van der Waals surface area (Å²) in [6.07, 6.45) is 8.01. The summed E-state index contributed by atoms with van der Waals surface area (Å²) in [5.41, 5.74) is 5.03. The third kappa shape index (κ3) is 7.70. The van der Waals surface area contributed by atoms with E-state index in [-0.39, 0.29) is 12.4 Å². The quantitative estimate of drug-likeness (QED) is 0.102. The molecule has 0 saturated heterocycles. The third-order valence-electron chi connectivity index (χ3n) is 6.81. The summed E-state index contributed by atoms with van der Waals surface area (Å²) >= 11 is 1.53. The van der Waals surface area contributed by atoms with E-state index in [4.69, 9.17) is 0 Å². The maximum absolute atomic E-state index is 13.8. The van der Waals surface area contributed by atoms with Gasteiger partial charge in [0.25, 0.3) is 0 Å². The highest BCUT2D eigenvalue weighted by atomic mass is 32.1. The minimum absolute atomic E-state index is 0.224. The minimum atomic E-state index is -0.354. The van der Waals surface area contributed by atoms with Crippen molar-refractivity contribution < 1.29 is 9.18 Å². The first-order chi connectivity index (χ1) is 22.7. The van der Waals surface area contributed by atoms with Crippen molar-refractivity contribution in [1.82, 2.24) is 45.2 Å². The molecule has 0 bridgehead atoms. The van der Waals surface area contributed by atoms with Crippen LogP contribution in [0.15, 0.2) is 97.7 Å². The summed E-state index contributed by atoms with van der Waals surface area (Å²) in [4.78, 5) is 43.1. The number of nitrogens with one attached hydrogen (secondary N) is 4. The Morgan fingerprint density at radius 3 is 2.26 bits per heavy atom. The maximum Gasteiger partial charge on any atom is 0.185 e. The van der Waals surface area contributed by atoms with Crippen LogP contribution in [-0.2, 0) is 19.5 Å². The fourth-order valence-corrected chi connectivity index (χ4v) is 5.43. The summed E-state index contributed by atoms with van der Waals surface area (Å²) in [5, 5.41) is 7.48. The Morgan fingerprint density at radius 1 is 0.804 bits per heavy atom.